The van der Waals surface area contributed by atoms with Crippen LogP contribution in [0.25, 0.3) is 0 Å². The fourth-order valence-electron chi connectivity index (χ4n) is 2.47. The summed E-state index contributed by atoms with van der Waals surface area (Å²) < 4.78 is 19.4. The fourth-order valence-corrected chi connectivity index (χ4v) is 4.44. The molecule has 0 atom stereocenters. The molecular formula is C24H27FOS2. The molecule has 0 aliphatic rings. The van der Waals surface area contributed by atoms with Crippen molar-refractivity contribution in [2.75, 3.05) is 7.11 Å². The van der Waals surface area contributed by atoms with E-state index in [0.29, 0.717) is 10.8 Å². The van der Waals surface area contributed by atoms with Crippen LogP contribution in [0, 0.1) is 5.82 Å². The molecule has 0 aliphatic heterocycles. The molecule has 0 aromatic heterocycles. The second-order valence-corrected chi connectivity index (χ2v) is 8.37. The Bertz CT molecular complexity index is 876. The van der Waals surface area contributed by atoms with Gasteiger partial charge in [-0.05, 0) is 53.9 Å². The molecular weight excluding hydrogens is 387 g/mol. The first kappa shape index (κ1) is 22.4. The smallest absolute Gasteiger partial charge is 0.137 e. The fraction of sp³-hybridized carbons (Fsp3) is 0.250. The molecule has 1 nitrogen and oxygen atoms in total. The van der Waals surface area contributed by atoms with Gasteiger partial charge in [-0.15, -0.1) is 0 Å². The van der Waals surface area contributed by atoms with Crippen LogP contribution in [0.2, 0.25) is 0 Å². The molecule has 0 saturated carbocycles. The zero-order valence-corrected chi connectivity index (χ0v) is 18.7. The summed E-state index contributed by atoms with van der Waals surface area (Å²) in [5.74, 6) is 1.07. The van der Waals surface area contributed by atoms with Crippen molar-refractivity contribution >= 4 is 23.5 Å². The van der Waals surface area contributed by atoms with E-state index in [9.17, 15) is 4.39 Å². The lowest BCUT2D eigenvalue weighted by Crippen LogP contribution is -1.88. The summed E-state index contributed by atoms with van der Waals surface area (Å²) in [7, 11) is 1.64. The van der Waals surface area contributed by atoms with Gasteiger partial charge in [0.05, 0.1) is 7.11 Å². The summed E-state index contributed by atoms with van der Waals surface area (Å²) in [4.78, 5) is 3.83. The molecule has 0 saturated heterocycles. The predicted molar refractivity (Wildman–Crippen MR) is 120 cm³/mol. The quantitative estimate of drug-likeness (QED) is 0.401. The van der Waals surface area contributed by atoms with Gasteiger partial charge in [0.25, 0.3) is 0 Å². The van der Waals surface area contributed by atoms with Crippen molar-refractivity contribution in [1.82, 2.24) is 0 Å². The summed E-state index contributed by atoms with van der Waals surface area (Å²) in [5.41, 5.74) is 1.32. The van der Waals surface area contributed by atoms with Crippen LogP contribution in [0.15, 0.2) is 86.3 Å². The molecule has 4 heteroatoms. The van der Waals surface area contributed by atoms with Gasteiger partial charge < -0.3 is 4.74 Å². The summed E-state index contributed by atoms with van der Waals surface area (Å²) in [6.45, 7) is 8.38. The second kappa shape index (κ2) is 11.2. The van der Waals surface area contributed by atoms with Crippen molar-refractivity contribution in [3.8, 4) is 5.75 Å². The standard InChI is InChI=1S/C22H21FOS2.C2H6/c1-15(2)16-8-11-18(12-9-16)25-21-13-10-17(24-3)14-22(21)26-20-7-5-4-6-19(20)23;1-2/h4-15H,1-3H3;1-2H3. The third-order valence-electron chi connectivity index (χ3n) is 3.98. The monoisotopic (exact) mass is 414 g/mol. The van der Waals surface area contributed by atoms with E-state index < -0.39 is 0 Å². The van der Waals surface area contributed by atoms with Gasteiger partial charge >= 0.3 is 0 Å². The Morgan fingerprint density at radius 3 is 2.07 bits per heavy atom. The number of hydrogen-bond donors (Lipinski definition) is 0. The summed E-state index contributed by atoms with van der Waals surface area (Å²) in [5, 5.41) is 0. The van der Waals surface area contributed by atoms with Crippen molar-refractivity contribution in [1.29, 1.82) is 0 Å². The Morgan fingerprint density at radius 1 is 0.786 bits per heavy atom. The van der Waals surface area contributed by atoms with Crippen molar-refractivity contribution in [2.24, 2.45) is 0 Å². The highest BCUT2D eigenvalue weighted by atomic mass is 32.2. The van der Waals surface area contributed by atoms with Gasteiger partial charge in [0.1, 0.15) is 11.6 Å². The molecule has 3 aromatic carbocycles. The topological polar surface area (TPSA) is 9.23 Å². The van der Waals surface area contributed by atoms with Crippen LogP contribution in [0.3, 0.4) is 0 Å². The summed E-state index contributed by atoms with van der Waals surface area (Å²) in [6.07, 6.45) is 0. The van der Waals surface area contributed by atoms with Crippen LogP contribution < -0.4 is 4.74 Å². The maximum absolute atomic E-state index is 14.1. The number of methoxy groups -OCH3 is 1. The third kappa shape index (κ3) is 6.05. The van der Waals surface area contributed by atoms with E-state index in [-0.39, 0.29) is 5.82 Å². The lowest BCUT2D eigenvalue weighted by molar-refractivity contribution is 0.413. The van der Waals surface area contributed by atoms with Crippen molar-refractivity contribution in [3.05, 3.63) is 78.1 Å². The van der Waals surface area contributed by atoms with Crippen LogP contribution in [-0.2, 0) is 0 Å². The number of halogens is 1. The molecule has 0 amide bonds. The number of ether oxygens (including phenoxy) is 1. The highest BCUT2D eigenvalue weighted by Crippen LogP contribution is 2.41. The van der Waals surface area contributed by atoms with Crippen LogP contribution in [-0.4, -0.2) is 7.11 Å². The molecule has 28 heavy (non-hydrogen) atoms. The van der Waals surface area contributed by atoms with Gasteiger partial charge in [0.2, 0.25) is 0 Å². The van der Waals surface area contributed by atoms with Crippen LogP contribution in [0.5, 0.6) is 5.75 Å². The van der Waals surface area contributed by atoms with Gasteiger partial charge in [0.15, 0.2) is 0 Å². The van der Waals surface area contributed by atoms with Crippen LogP contribution in [0.4, 0.5) is 4.39 Å². The average Bonchev–Trinajstić information content (AvgIpc) is 2.73. The molecule has 0 N–H and O–H groups in total. The lowest BCUT2D eigenvalue weighted by Gasteiger charge is -2.12. The van der Waals surface area contributed by atoms with E-state index >= 15 is 0 Å². The SMILES string of the molecule is CC.COc1ccc(Sc2ccc(C(C)C)cc2)c(Sc2ccccc2F)c1. The van der Waals surface area contributed by atoms with E-state index in [1.54, 1.807) is 31.0 Å². The summed E-state index contributed by atoms with van der Waals surface area (Å²) >= 11 is 3.10. The molecule has 0 spiro atoms. The van der Waals surface area contributed by atoms with E-state index in [4.69, 9.17) is 4.74 Å². The van der Waals surface area contributed by atoms with E-state index in [0.717, 1.165) is 20.4 Å². The van der Waals surface area contributed by atoms with E-state index in [1.807, 2.05) is 38.1 Å². The number of hydrogen-bond acceptors (Lipinski definition) is 3. The largest absolute Gasteiger partial charge is 0.497 e. The normalized spacial score (nSPS) is 10.4. The van der Waals surface area contributed by atoms with Crippen LogP contribution in [0.1, 0.15) is 39.2 Å². The lowest BCUT2D eigenvalue weighted by atomic mass is 10.0. The summed E-state index contributed by atoms with van der Waals surface area (Å²) in [6, 6.07) is 21.4. The maximum atomic E-state index is 14.1. The molecule has 3 aromatic rings. The Labute approximate surface area is 176 Å². The van der Waals surface area contributed by atoms with Crippen molar-refractivity contribution in [2.45, 2.75) is 53.2 Å². The molecule has 0 fully saturated rings. The Morgan fingerprint density at radius 2 is 1.46 bits per heavy atom. The van der Waals surface area contributed by atoms with E-state index in [1.165, 1.54) is 23.4 Å². The Kier molecular flexibility index (Phi) is 8.94. The molecule has 0 unspecified atom stereocenters. The van der Waals surface area contributed by atoms with Gasteiger partial charge in [-0.25, -0.2) is 4.39 Å². The predicted octanol–water partition coefficient (Wildman–Crippen LogP) is 8.29. The molecule has 0 aliphatic carbocycles. The first-order valence-electron chi connectivity index (χ1n) is 9.45. The minimum absolute atomic E-state index is 0.211. The van der Waals surface area contributed by atoms with Crippen molar-refractivity contribution in [3.63, 3.8) is 0 Å². The zero-order chi connectivity index (χ0) is 20.5. The van der Waals surface area contributed by atoms with Gasteiger partial charge in [-0.2, -0.15) is 0 Å². The minimum atomic E-state index is -0.211. The van der Waals surface area contributed by atoms with Crippen LogP contribution >= 0.6 is 23.5 Å². The minimum Gasteiger partial charge on any atom is -0.497 e. The van der Waals surface area contributed by atoms with Gasteiger partial charge in [-0.1, -0.05) is 75.5 Å². The maximum Gasteiger partial charge on any atom is 0.137 e. The molecule has 3 rings (SSSR count). The number of rotatable bonds is 6. The van der Waals surface area contributed by atoms with E-state index in [2.05, 4.69) is 38.1 Å². The zero-order valence-electron chi connectivity index (χ0n) is 17.0. The average molecular weight is 415 g/mol. The Balaban J connectivity index is 0.00000136. The molecule has 0 radical (unpaired) electrons. The third-order valence-corrected chi connectivity index (χ3v) is 6.30. The highest BCUT2D eigenvalue weighted by Gasteiger charge is 2.11. The Hall–Kier alpha value is -1.91. The second-order valence-electron chi connectivity index (χ2n) is 6.17. The molecule has 0 heterocycles. The molecule has 0 bridgehead atoms. The molecule has 148 valence electrons. The van der Waals surface area contributed by atoms with Gasteiger partial charge in [0, 0.05) is 19.6 Å². The first-order chi connectivity index (χ1) is 13.6. The van der Waals surface area contributed by atoms with Gasteiger partial charge in [-0.3, -0.25) is 0 Å². The number of benzene rings is 3. The van der Waals surface area contributed by atoms with Crippen molar-refractivity contribution < 1.29 is 9.13 Å². The highest BCUT2D eigenvalue weighted by molar-refractivity contribution is 8.02. The first-order valence-corrected chi connectivity index (χ1v) is 11.1.